The number of benzene rings is 1. The molecule has 0 atom stereocenters. The monoisotopic (exact) mass is 274 g/mol. The summed E-state index contributed by atoms with van der Waals surface area (Å²) in [6.45, 7) is 2.37. The van der Waals surface area contributed by atoms with E-state index in [4.69, 9.17) is 4.74 Å². The fourth-order valence-corrected chi connectivity index (χ4v) is 1.71. The Morgan fingerprint density at radius 1 is 1.35 bits per heavy atom. The van der Waals surface area contributed by atoms with Crippen LogP contribution in [0.25, 0.3) is 0 Å². The highest BCUT2D eigenvalue weighted by molar-refractivity contribution is 5.88. The SMILES string of the molecule is COc1ccc(CNC(=O)Nc2cc(C)n(C)n2)cc1. The molecule has 2 rings (SSSR count). The molecular formula is C14H18N4O2. The van der Waals surface area contributed by atoms with Crippen LogP contribution in [0.3, 0.4) is 0 Å². The van der Waals surface area contributed by atoms with Crippen molar-refractivity contribution in [2.75, 3.05) is 12.4 Å². The van der Waals surface area contributed by atoms with Gasteiger partial charge in [-0.3, -0.25) is 10.00 Å². The van der Waals surface area contributed by atoms with Crippen LogP contribution in [0.4, 0.5) is 10.6 Å². The second kappa shape index (κ2) is 6.10. The van der Waals surface area contributed by atoms with Gasteiger partial charge in [-0.15, -0.1) is 0 Å². The molecular weight excluding hydrogens is 256 g/mol. The number of urea groups is 1. The number of anilines is 1. The lowest BCUT2D eigenvalue weighted by Gasteiger charge is -2.06. The Hall–Kier alpha value is -2.50. The topological polar surface area (TPSA) is 68.2 Å². The third-order valence-electron chi connectivity index (χ3n) is 2.97. The van der Waals surface area contributed by atoms with E-state index in [-0.39, 0.29) is 6.03 Å². The fourth-order valence-electron chi connectivity index (χ4n) is 1.71. The number of nitrogens with one attached hydrogen (secondary N) is 2. The molecule has 0 aliphatic heterocycles. The first kappa shape index (κ1) is 13.9. The average molecular weight is 274 g/mol. The second-order valence-electron chi connectivity index (χ2n) is 4.45. The minimum absolute atomic E-state index is 0.279. The van der Waals surface area contributed by atoms with E-state index in [1.807, 2.05) is 44.3 Å². The van der Waals surface area contributed by atoms with Gasteiger partial charge in [-0.05, 0) is 24.6 Å². The first-order valence-corrected chi connectivity index (χ1v) is 6.27. The number of methoxy groups -OCH3 is 1. The molecule has 0 radical (unpaired) electrons. The molecule has 6 heteroatoms. The number of aromatic nitrogens is 2. The summed E-state index contributed by atoms with van der Waals surface area (Å²) in [5, 5.41) is 9.62. The maximum atomic E-state index is 11.7. The van der Waals surface area contributed by atoms with Crippen LogP contribution in [0.2, 0.25) is 0 Å². The van der Waals surface area contributed by atoms with Crippen molar-refractivity contribution in [3.05, 3.63) is 41.6 Å². The molecule has 2 aromatic rings. The highest BCUT2D eigenvalue weighted by Gasteiger charge is 2.05. The summed E-state index contributed by atoms with van der Waals surface area (Å²) in [7, 11) is 3.45. The number of nitrogens with zero attached hydrogens (tertiary/aromatic N) is 2. The van der Waals surface area contributed by atoms with Gasteiger partial charge in [0, 0.05) is 25.4 Å². The fraction of sp³-hybridized carbons (Fsp3) is 0.286. The summed E-state index contributed by atoms with van der Waals surface area (Å²) < 4.78 is 6.78. The number of carbonyl (C=O) groups excluding carboxylic acids is 1. The Bertz CT molecular complexity index is 570. The smallest absolute Gasteiger partial charge is 0.320 e. The summed E-state index contributed by atoms with van der Waals surface area (Å²) in [4.78, 5) is 11.7. The van der Waals surface area contributed by atoms with Crippen molar-refractivity contribution in [3.63, 3.8) is 0 Å². The van der Waals surface area contributed by atoms with Crippen molar-refractivity contribution in [1.29, 1.82) is 0 Å². The first-order chi connectivity index (χ1) is 9.58. The summed E-state index contributed by atoms with van der Waals surface area (Å²) in [5.74, 6) is 1.33. The zero-order chi connectivity index (χ0) is 14.5. The van der Waals surface area contributed by atoms with Crippen molar-refractivity contribution in [2.24, 2.45) is 7.05 Å². The van der Waals surface area contributed by atoms with E-state index in [9.17, 15) is 4.79 Å². The van der Waals surface area contributed by atoms with Gasteiger partial charge in [0.1, 0.15) is 5.75 Å². The van der Waals surface area contributed by atoms with Gasteiger partial charge in [-0.1, -0.05) is 12.1 Å². The van der Waals surface area contributed by atoms with Crippen LogP contribution in [0.1, 0.15) is 11.3 Å². The lowest BCUT2D eigenvalue weighted by Crippen LogP contribution is -2.28. The Morgan fingerprint density at radius 3 is 2.60 bits per heavy atom. The van der Waals surface area contributed by atoms with Gasteiger partial charge in [0.05, 0.1) is 7.11 Å². The molecule has 0 saturated carbocycles. The molecule has 0 spiro atoms. The molecule has 0 aliphatic rings. The Labute approximate surface area is 117 Å². The molecule has 1 aromatic heterocycles. The van der Waals surface area contributed by atoms with Crippen molar-refractivity contribution in [2.45, 2.75) is 13.5 Å². The largest absolute Gasteiger partial charge is 0.497 e. The van der Waals surface area contributed by atoms with Gasteiger partial charge in [-0.2, -0.15) is 5.10 Å². The van der Waals surface area contributed by atoms with Crippen LogP contribution in [-0.4, -0.2) is 22.9 Å². The summed E-state index contributed by atoms with van der Waals surface area (Å²) >= 11 is 0. The lowest BCUT2D eigenvalue weighted by atomic mass is 10.2. The molecule has 0 unspecified atom stereocenters. The molecule has 0 bridgehead atoms. The van der Waals surface area contributed by atoms with E-state index < -0.39 is 0 Å². The third kappa shape index (κ3) is 3.50. The van der Waals surface area contributed by atoms with E-state index in [1.165, 1.54) is 0 Å². The molecule has 2 N–H and O–H groups in total. The quantitative estimate of drug-likeness (QED) is 0.896. The number of carbonyl (C=O) groups is 1. The maximum absolute atomic E-state index is 11.7. The molecule has 20 heavy (non-hydrogen) atoms. The molecule has 0 fully saturated rings. The number of aryl methyl sites for hydroxylation is 2. The zero-order valence-corrected chi connectivity index (χ0v) is 11.8. The van der Waals surface area contributed by atoms with E-state index >= 15 is 0 Å². The highest BCUT2D eigenvalue weighted by Crippen LogP contribution is 2.11. The van der Waals surface area contributed by atoms with Crippen LogP contribution in [0.5, 0.6) is 5.75 Å². The van der Waals surface area contributed by atoms with Crippen molar-refractivity contribution in [1.82, 2.24) is 15.1 Å². The predicted molar refractivity (Wildman–Crippen MR) is 76.8 cm³/mol. The van der Waals surface area contributed by atoms with Crippen LogP contribution in [0.15, 0.2) is 30.3 Å². The van der Waals surface area contributed by atoms with E-state index in [2.05, 4.69) is 15.7 Å². The van der Waals surface area contributed by atoms with Crippen molar-refractivity contribution in [3.8, 4) is 5.75 Å². The molecule has 1 heterocycles. The average Bonchev–Trinajstić information content (AvgIpc) is 2.75. The van der Waals surface area contributed by atoms with Gasteiger partial charge in [0.25, 0.3) is 0 Å². The zero-order valence-electron chi connectivity index (χ0n) is 11.8. The van der Waals surface area contributed by atoms with E-state index in [0.717, 1.165) is 17.0 Å². The summed E-state index contributed by atoms with van der Waals surface area (Å²) in [6.07, 6.45) is 0. The van der Waals surface area contributed by atoms with Gasteiger partial charge < -0.3 is 10.1 Å². The highest BCUT2D eigenvalue weighted by atomic mass is 16.5. The van der Waals surface area contributed by atoms with E-state index in [1.54, 1.807) is 11.8 Å². The van der Waals surface area contributed by atoms with Crippen molar-refractivity contribution < 1.29 is 9.53 Å². The van der Waals surface area contributed by atoms with Gasteiger partial charge in [-0.25, -0.2) is 4.79 Å². The van der Waals surface area contributed by atoms with Crippen LogP contribution in [-0.2, 0) is 13.6 Å². The van der Waals surface area contributed by atoms with Crippen molar-refractivity contribution >= 4 is 11.8 Å². The normalized spacial score (nSPS) is 10.2. The number of hydrogen-bond acceptors (Lipinski definition) is 3. The third-order valence-corrected chi connectivity index (χ3v) is 2.97. The molecule has 2 amide bonds. The van der Waals surface area contributed by atoms with Crippen LogP contribution in [0, 0.1) is 6.92 Å². The minimum atomic E-state index is -0.279. The molecule has 6 nitrogen and oxygen atoms in total. The van der Waals surface area contributed by atoms with Crippen LogP contribution < -0.4 is 15.4 Å². The Morgan fingerprint density at radius 2 is 2.05 bits per heavy atom. The molecule has 106 valence electrons. The van der Waals surface area contributed by atoms with Gasteiger partial charge in [0.15, 0.2) is 5.82 Å². The first-order valence-electron chi connectivity index (χ1n) is 6.27. The van der Waals surface area contributed by atoms with Crippen LogP contribution >= 0.6 is 0 Å². The number of amides is 2. The predicted octanol–water partition coefficient (Wildman–Crippen LogP) is 2.06. The maximum Gasteiger partial charge on any atom is 0.320 e. The summed E-state index contributed by atoms with van der Waals surface area (Å²) in [5.41, 5.74) is 1.98. The number of rotatable bonds is 4. The lowest BCUT2D eigenvalue weighted by molar-refractivity contribution is 0.251. The van der Waals surface area contributed by atoms with Gasteiger partial charge in [0.2, 0.25) is 0 Å². The Balaban J connectivity index is 1.85. The molecule has 0 saturated heterocycles. The number of hydrogen-bond donors (Lipinski definition) is 2. The Kier molecular flexibility index (Phi) is 4.24. The van der Waals surface area contributed by atoms with E-state index in [0.29, 0.717) is 12.4 Å². The minimum Gasteiger partial charge on any atom is -0.497 e. The number of ether oxygens (including phenoxy) is 1. The summed E-state index contributed by atoms with van der Waals surface area (Å²) in [6, 6.07) is 9.06. The van der Waals surface area contributed by atoms with Gasteiger partial charge >= 0.3 is 6.03 Å². The second-order valence-corrected chi connectivity index (χ2v) is 4.45. The molecule has 0 aliphatic carbocycles. The molecule has 1 aromatic carbocycles. The standard InChI is InChI=1S/C14H18N4O2/c1-10-8-13(17-18(10)2)16-14(19)15-9-11-4-6-12(20-3)7-5-11/h4-8H,9H2,1-3H3,(H2,15,16,17,19).